The van der Waals surface area contributed by atoms with E-state index >= 15 is 0 Å². The van der Waals surface area contributed by atoms with E-state index in [-0.39, 0.29) is 6.61 Å². The molecule has 1 amide bonds. The second kappa shape index (κ2) is 11.5. The first-order valence-electron chi connectivity index (χ1n) is 10.9. The van der Waals surface area contributed by atoms with E-state index in [1.807, 2.05) is 61.5 Å². The van der Waals surface area contributed by atoms with Crippen molar-refractivity contribution in [2.75, 3.05) is 13.7 Å². The van der Waals surface area contributed by atoms with Crippen molar-refractivity contribution >= 4 is 39.0 Å². The van der Waals surface area contributed by atoms with Crippen LogP contribution in [0, 0.1) is 6.92 Å². The number of methoxy groups -OCH3 is 1. The molecule has 0 saturated heterocycles. The smallest absolute Gasteiger partial charge is 0.277 e. The number of hydrazone groups is 1. The van der Waals surface area contributed by atoms with Crippen LogP contribution >= 0.6 is 15.9 Å². The number of hydrogen-bond donors (Lipinski definition) is 1. The van der Waals surface area contributed by atoms with Gasteiger partial charge in [0, 0.05) is 21.6 Å². The minimum absolute atomic E-state index is 0.191. The van der Waals surface area contributed by atoms with Crippen molar-refractivity contribution in [1.82, 2.24) is 10.4 Å². The summed E-state index contributed by atoms with van der Waals surface area (Å²) >= 11 is 3.53. The molecule has 0 aliphatic carbocycles. The first-order valence-corrected chi connectivity index (χ1v) is 11.7. The van der Waals surface area contributed by atoms with Gasteiger partial charge in [-0.25, -0.2) is 5.43 Å². The van der Waals surface area contributed by atoms with Crippen LogP contribution in [0.1, 0.15) is 16.7 Å². The zero-order valence-corrected chi connectivity index (χ0v) is 20.9. The molecular weight excluding hydrogens is 510 g/mol. The number of carbonyl (C=O) groups is 1. The second-order valence-corrected chi connectivity index (χ2v) is 8.57. The molecule has 35 heavy (non-hydrogen) atoms. The molecule has 0 fully saturated rings. The van der Waals surface area contributed by atoms with Gasteiger partial charge in [-0.3, -0.25) is 9.78 Å². The van der Waals surface area contributed by atoms with Crippen molar-refractivity contribution in [3.05, 3.63) is 94.1 Å². The average molecular weight is 534 g/mol. The van der Waals surface area contributed by atoms with Crippen molar-refractivity contribution in [2.24, 2.45) is 5.10 Å². The van der Waals surface area contributed by atoms with Crippen molar-refractivity contribution in [3.8, 4) is 17.2 Å². The maximum atomic E-state index is 12.2. The van der Waals surface area contributed by atoms with E-state index in [1.54, 1.807) is 25.4 Å². The molecule has 178 valence electrons. The summed E-state index contributed by atoms with van der Waals surface area (Å²) in [6.45, 7) is 2.27. The Kier molecular flexibility index (Phi) is 7.95. The van der Waals surface area contributed by atoms with Crippen LogP contribution in [0.5, 0.6) is 17.2 Å². The van der Waals surface area contributed by atoms with E-state index in [4.69, 9.17) is 14.2 Å². The highest BCUT2D eigenvalue weighted by Crippen LogP contribution is 2.33. The van der Waals surface area contributed by atoms with Gasteiger partial charge in [0.15, 0.2) is 18.1 Å². The number of nitrogens with zero attached hydrogens (tertiary/aromatic N) is 2. The van der Waals surface area contributed by atoms with E-state index in [1.165, 1.54) is 11.8 Å². The highest BCUT2D eigenvalue weighted by molar-refractivity contribution is 9.10. The number of ether oxygens (including phenoxy) is 3. The molecule has 0 saturated carbocycles. The number of benzene rings is 3. The molecule has 0 radical (unpaired) electrons. The number of hydrogen-bond acceptors (Lipinski definition) is 6. The summed E-state index contributed by atoms with van der Waals surface area (Å²) < 4.78 is 17.8. The number of fused-ring (bicyclic) bond motifs is 1. The van der Waals surface area contributed by atoms with E-state index in [9.17, 15) is 4.79 Å². The minimum Gasteiger partial charge on any atom is -0.493 e. The molecular formula is C27H24BrN3O4. The maximum Gasteiger partial charge on any atom is 0.277 e. The molecule has 1 N–H and O–H groups in total. The summed E-state index contributed by atoms with van der Waals surface area (Å²) in [5, 5.41) is 4.98. The Labute approximate surface area is 211 Å². The normalized spacial score (nSPS) is 10.9. The topological polar surface area (TPSA) is 82.0 Å². The lowest BCUT2D eigenvalue weighted by Gasteiger charge is -2.13. The summed E-state index contributed by atoms with van der Waals surface area (Å²) in [6, 6.07) is 21.1. The SMILES string of the molecule is COc1cc(/C=N/NC(=O)COc2cccc3cccnc23)c(Br)cc1OCc1ccc(C)cc1. The van der Waals surface area contributed by atoms with Crippen molar-refractivity contribution in [2.45, 2.75) is 13.5 Å². The van der Waals surface area contributed by atoms with Crippen LogP contribution in [-0.2, 0) is 11.4 Å². The molecule has 8 heteroatoms. The maximum absolute atomic E-state index is 12.2. The zero-order valence-electron chi connectivity index (χ0n) is 19.3. The molecule has 0 atom stereocenters. The van der Waals surface area contributed by atoms with Crippen LogP contribution < -0.4 is 19.6 Å². The molecule has 0 aliphatic heterocycles. The molecule has 1 aromatic heterocycles. The monoisotopic (exact) mass is 533 g/mol. The van der Waals surface area contributed by atoms with Crippen LogP contribution in [0.4, 0.5) is 0 Å². The fourth-order valence-corrected chi connectivity index (χ4v) is 3.73. The number of para-hydroxylation sites is 1. The lowest BCUT2D eigenvalue weighted by molar-refractivity contribution is -0.123. The van der Waals surface area contributed by atoms with Crippen LogP contribution in [0.25, 0.3) is 10.9 Å². The summed E-state index contributed by atoms with van der Waals surface area (Å²) in [5.41, 5.74) is 6.14. The molecule has 1 heterocycles. The van der Waals surface area contributed by atoms with Gasteiger partial charge in [-0.2, -0.15) is 5.10 Å². The lowest BCUT2D eigenvalue weighted by atomic mass is 10.2. The van der Waals surface area contributed by atoms with Gasteiger partial charge in [0.05, 0.1) is 13.3 Å². The molecule has 0 unspecified atom stereocenters. The molecule has 0 bridgehead atoms. The summed E-state index contributed by atoms with van der Waals surface area (Å²) in [7, 11) is 1.57. The summed E-state index contributed by atoms with van der Waals surface area (Å²) in [4.78, 5) is 16.5. The highest BCUT2D eigenvalue weighted by atomic mass is 79.9. The van der Waals surface area contributed by atoms with Gasteiger partial charge in [-0.1, -0.05) is 48.0 Å². The number of amides is 1. The molecule has 0 spiro atoms. The number of carbonyl (C=O) groups excluding carboxylic acids is 1. The van der Waals surface area contributed by atoms with Crippen molar-refractivity contribution < 1.29 is 19.0 Å². The third-order valence-corrected chi connectivity index (χ3v) is 5.83. The van der Waals surface area contributed by atoms with Crippen LogP contribution in [-0.4, -0.2) is 30.8 Å². The lowest BCUT2D eigenvalue weighted by Crippen LogP contribution is -2.24. The van der Waals surface area contributed by atoms with Gasteiger partial charge < -0.3 is 14.2 Å². The number of pyridine rings is 1. The average Bonchev–Trinajstić information content (AvgIpc) is 2.88. The first-order chi connectivity index (χ1) is 17.0. The van der Waals surface area contributed by atoms with Gasteiger partial charge in [0.1, 0.15) is 17.9 Å². The number of aromatic nitrogens is 1. The van der Waals surface area contributed by atoms with E-state index in [0.717, 1.165) is 15.4 Å². The molecule has 0 aliphatic rings. The fraction of sp³-hybridized carbons (Fsp3) is 0.148. The Morgan fingerprint density at radius 1 is 1.03 bits per heavy atom. The predicted octanol–water partition coefficient (Wildman–Crippen LogP) is 5.42. The summed E-state index contributed by atoms with van der Waals surface area (Å²) in [5.74, 6) is 1.30. The van der Waals surface area contributed by atoms with Gasteiger partial charge in [0.2, 0.25) is 0 Å². The zero-order chi connectivity index (χ0) is 24.6. The van der Waals surface area contributed by atoms with Crippen molar-refractivity contribution in [1.29, 1.82) is 0 Å². The third kappa shape index (κ3) is 6.36. The van der Waals surface area contributed by atoms with Crippen LogP contribution in [0.15, 0.2) is 82.5 Å². The molecule has 4 aromatic rings. The number of halogens is 1. The molecule has 4 rings (SSSR count). The Morgan fingerprint density at radius 3 is 2.63 bits per heavy atom. The van der Waals surface area contributed by atoms with Gasteiger partial charge in [-0.05, 0) is 52.7 Å². The molecule has 3 aromatic carbocycles. The second-order valence-electron chi connectivity index (χ2n) is 7.71. The van der Waals surface area contributed by atoms with Crippen molar-refractivity contribution in [3.63, 3.8) is 0 Å². The fourth-order valence-electron chi connectivity index (χ4n) is 3.31. The highest BCUT2D eigenvalue weighted by Gasteiger charge is 2.11. The number of nitrogens with one attached hydrogen (secondary N) is 1. The minimum atomic E-state index is -0.393. The summed E-state index contributed by atoms with van der Waals surface area (Å²) in [6.07, 6.45) is 3.21. The van der Waals surface area contributed by atoms with E-state index < -0.39 is 5.91 Å². The largest absolute Gasteiger partial charge is 0.493 e. The predicted molar refractivity (Wildman–Crippen MR) is 139 cm³/mol. The Hall–Kier alpha value is -3.91. The standard InChI is InChI=1S/C27H24BrN3O4/c1-18-8-10-19(11-9-18)16-34-25-14-22(28)21(13-24(25)33-2)15-30-31-26(32)17-35-23-7-3-5-20-6-4-12-29-27(20)23/h3-15H,16-17H2,1-2H3,(H,31,32)/b30-15+. The van der Waals surface area contributed by atoms with Gasteiger partial charge in [0.25, 0.3) is 5.91 Å². The Balaban J connectivity index is 1.35. The van der Waals surface area contributed by atoms with Gasteiger partial charge in [-0.15, -0.1) is 0 Å². The Morgan fingerprint density at radius 2 is 1.83 bits per heavy atom. The third-order valence-electron chi connectivity index (χ3n) is 5.15. The quantitative estimate of drug-likeness (QED) is 0.229. The molecule has 7 nitrogen and oxygen atoms in total. The van der Waals surface area contributed by atoms with E-state index in [2.05, 4.69) is 31.4 Å². The first kappa shape index (κ1) is 24.2. The number of aryl methyl sites for hydroxylation is 1. The van der Waals surface area contributed by atoms with Crippen LogP contribution in [0.3, 0.4) is 0 Å². The van der Waals surface area contributed by atoms with E-state index in [0.29, 0.717) is 34.9 Å². The number of rotatable bonds is 9. The van der Waals surface area contributed by atoms with Crippen LogP contribution in [0.2, 0.25) is 0 Å². The Bertz CT molecular complexity index is 1350. The van der Waals surface area contributed by atoms with Gasteiger partial charge >= 0.3 is 0 Å².